The lowest BCUT2D eigenvalue weighted by molar-refractivity contribution is -0.0484. The van der Waals surface area contributed by atoms with Crippen molar-refractivity contribution in [3.8, 4) is 0 Å². The Morgan fingerprint density at radius 1 is 0.500 bits per heavy atom. The molecule has 0 saturated carbocycles. The zero-order valence-corrected chi connectivity index (χ0v) is 19.0. The highest BCUT2D eigenvalue weighted by atomic mass is 19.2. The molecule has 0 bridgehead atoms. The van der Waals surface area contributed by atoms with E-state index in [0.29, 0.717) is 19.3 Å². The van der Waals surface area contributed by atoms with Crippen LogP contribution in [0.15, 0.2) is 0 Å². The van der Waals surface area contributed by atoms with E-state index in [1.807, 2.05) is 41.5 Å². The van der Waals surface area contributed by atoms with Gasteiger partial charge in [-0.1, -0.05) is 41.5 Å². The van der Waals surface area contributed by atoms with Gasteiger partial charge in [0.1, 0.15) is 0 Å². The molecule has 1 aliphatic heterocycles. The van der Waals surface area contributed by atoms with Crippen molar-refractivity contribution < 1.29 is 40.8 Å². The zero-order valence-electron chi connectivity index (χ0n) is 19.0. The highest BCUT2D eigenvalue weighted by Gasteiger charge is 2.49. The topological polar surface area (TPSA) is 55.4 Å². The number of rotatable bonds is 15. The molecule has 0 aromatic heterocycles. The van der Waals surface area contributed by atoms with Gasteiger partial charge < -0.3 is 27.7 Å². The number of hydrogen-bond acceptors (Lipinski definition) is 6. The van der Waals surface area contributed by atoms with E-state index in [4.69, 9.17) is 27.7 Å². The summed E-state index contributed by atoms with van der Waals surface area (Å²) in [6.07, 6.45) is -2.89. The molecule has 12 heteroatoms. The van der Waals surface area contributed by atoms with Crippen molar-refractivity contribution in [2.75, 3.05) is 0 Å². The highest BCUT2D eigenvalue weighted by molar-refractivity contribution is 6.66. The maximum absolute atomic E-state index is 14.1. The normalized spacial score (nSPS) is 18.6. The van der Waals surface area contributed by atoms with Crippen molar-refractivity contribution in [2.24, 2.45) is 17.8 Å². The minimum Gasteiger partial charge on any atom is -0.400 e. The molecule has 174 valence electrons. The quantitative estimate of drug-likeness (QED) is 0.326. The van der Waals surface area contributed by atoms with Gasteiger partial charge in [-0.25, -0.2) is 13.2 Å². The second kappa shape index (κ2) is 14.7. The first kappa shape index (κ1) is 27.8. The average molecular weight is 438 g/mol. The van der Waals surface area contributed by atoms with Crippen molar-refractivity contribution >= 4 is 22.0 Å². The van der Waals surface area contributed by atoms with Crippen LogP contribution in [0.1, 0.15) is 80.1 Å². The molecular weight excluding hydrogens is 402 g/mol. The van der Waals surface area contributed by atoms with Crippen LogP contribution >= 0.6 is 0 Å². The van der Waals surface area contributed by atoms with Gasteiger partial charge in [0.05, 0.1) is 0 Å². The molecular formula is C18H36B3F3O6. The minimum absolute atomic E-state index is 0.124. The first-order chi connectivity index (χ1) is 14.0. The lowest BCUT2D eigenvalue weighted by Gasteiger charge is -2.30. The van der Waals surface area contributed by atoms with Crippen molar-refractivity contribution in [1.82, 2.24) is 0 Å². The smallest absolute Gasteiger partial charge is 0.400 e. The predicted molar refractivity (Wildman–Crippen MR) is 111 cm³/mol. The van der Waals surface area contributed by atoms with Crippen LogP contribution in [0.3, 0.4) is 0 Å². The Kier molecular flexibility index (Phi) is 13.6. The molecule has 0 amide bonds. The Morgan fingerprint density at radius 3 is 0.933 bits per heavy atom. The molecule has 0 aromatic rings. The van der Waals surface area contributed by atoms with E-state index in [-0.39, 0.29) is 37.0 Å². The van der Waals surface area contributed by atoms with Gasteiger partial charge in [0, 0.05) is 19.3 Å². The third kappa shape index (κ3) is 13.2. The first-order valence-electron chi connectivity index (χ1n) is 10.9. The van der Waals surface area contributed by atoms with E-state index in [1.54, 1.807) is 0 Å². The minimum atomic E-state index is -1.68. The summed E-state index contributed by atoms with van der Waals surface area (Å²) >= 11 is 0. The fourth-order valence-electron chi connectivity index (χ4n) is 2.52. The molecule has 30 heavy (non-hydrogen) atoms. The second-order valence-electron chi connectivity index (χ2n) is 8.83. The van der Waals surface area contributed by atoms with Crippen molar-refractivity contribution in [3.63, 3.8) is 0 Å². The van der Waals surface area contributed by atoms with Crippen LogP contribution in [-0.4, -0.2) is 41.0 Å². The fourth-order valence-corrected chi connectivity index (χ4v) is 2.52. The number of hydrogen-bond donors (Lipinski definition) is 0. The van der Waals surface area contributed by atoms with Crippen LogP contribution in [0.4, 0.5) is 13.2 Å². The molecule has 0 N–H and O–H groups in total. The lowest BCUT2D eigenvalue weighted by Crippen LogP contribution is -2.54. The van der Waals surface area contributed by atoms with E-state index in [0.717, 1.165) is 0 Å². The summed E-state index contributed by atoms with van der Waals surface area (Å²) in [5, 5.41) is 0. The lowest BCUT2D eigenvalue weighted by atomic mass is 9.96. The summed E-state index contributed by atoms with van der Waals surface area (Å²) in [4.78, 5) is 0. The molecule has 0 aromatic carbocycles. The molecule has 0 spiro atoms. The molecule has 1 saturated heterocycles. The molecule has 3 unspecified atom stereocenters. The van der Waals surface area contributed by atoms with Gasteiger partial charge in [-0.2, -0.15) is 0 Å². The molecule has 1 aliphatic rings. The molecule has 0 aliphatic carbocycles. The Hall–Kier alpha value is -0.255. The number of alkyl halides is 3. The van der Waals surface area contributed by atoms with Crippen molar-refractivity contribution in [3.05, 3.63) is 0 Å². The second-order valence-corrected chi connectivity index (χ2v) is 8.83. The molecule has 3 atom stereocenters. The largest absolute Gasteiger partial charge is 0.617 e. The van der Waals surface area contributed by atoms with Gasteiger partial charge in [0.2, 0.25) is 0 Å². The van der Waals surface area contributed by atoms with Gasteiger partial charge in [-0.15, -0.1) is 0 Å². The molecule has 1 rings (SSSR count). The predicted octanol–water partition coefficient (Wildman–Crippen LogP) is 5.25. The van der Waals surface area contributed by atoms with Gasteiger partial charge in [-0.3, -0.25) is 0 Å². The highest BCUT2D eigenvalue weighted by Crippen LogP contribution is 2.21. The summed E-state index contributed by atoms with van der Waals surface area (Å²) in [6.45, 7) is 11.7. The standard InChI is InChI=1S/C18H36B3F3O6/c1-13(2)7-10-16(22)25-19-28-20(26-17(23)11-8-14(3)4)30-21(29-19)27-18(24)12-9-15(5)6/h13-18H,7-12H2,1-6H3. The van der Waals surface area contributed by atoms with E-state index in [1.165, 1.54) is 0 Å². The summed E-state index contributed by atoms with van der Waals surface area (Å²) < 4.78 is 73.0. The Balaban J connectivity index is 2.63. The van der Waals surface area contributed by atoms with E-state index >= 15 is 0 Å². The van der Waals surface area contributed by atoms with Crippen molar-refractivity contribution in [2.45, 2.75) is 99.1 Å². The SMILES string of the molecule is CC(C)CCC(F)OB1OB(OC(F)CCC(C)C)OB(OC(F)CCC(C)C)O1. The maximum Gasteiger partial charge on any atom is 0.617 e. The Morgan fingerprint density at radius 2 is 0.733 bits per heavy atom. The Bertz CT molecular complexity index is 386. The average Bonchev–Trinajstić information content (AvgIpc) is 2.63. The van der Waals surface area contributed by atoms with Gasteiger partial charge in [0.15, 0.2) is 19.1 Å². The molecule has 1 heterocycles. The van der Waals surface area contributed by atoms with E-state index < -0.39 is 41.0 Å². The van der Waals surface area contributed by atoms with Gasteiger partial charge in [0.25, 0.3) is 0 Å². The first-order valence-corrected chi connectivity index (χ1v) is 10.9. The van der Waals surface area contributed by atoms with Gasteiger partial charge >= 0.3 is 22.0 Å². The third-order valence-corrected chi connectivity index (χ3v) is 4.36. The molecule has 1 fully saturated rings. The number of halogens is 3. The molecule has 6 nitrogen and oxygen atoms in total. The van der Waals surface area contributed by atoms with Crippen LogP contribution in [0.2, 0.25) is 0 Å². The van der Waals surface area contributed by atoms with Gasteiger partial charge in [-0.05, 0) is 37.0 Å². The van der Waals surface area contributed by atoms with Crippen LogP contribution in [-0.2, 0) is 27.7 Å². The summed E-state index contributed by atoms with van der Waals surface area (Å²) in [6, 6.07) is 0. The fraction of sp³-hybridized carbons (Fsp3) is 1.00. The maximum atomic E-state index is 14.1. The van der Waals surface area contributed by atoms with Crippen LogP contribution in [0.5, 0.6) is 0 Å². The van der Waals surface area contributed by atoms with E-state index in [9.17, 15) is 13.2 Å². The molecule has 0 radical (unpaired) electrons. The summed E-state index contributed by atoms with van der Waals surface area (Å²) in [5.74, 6) is 0.867. The van der Waals surface area contributed by atoms with E-state index in [2.05, 4.69) is 0 Å². The van der Waals surface area contributed by atoms with Crippen LogP contribution < -0.4 is 0 Å². The summed E-state index contributed by atoms with van der Waals surface area (Å²) in [5.41, 5.74) is 0. The van der Waals surface area contributed by atoms with Crippen molar-refractivity contribution in [1.29, 1.82) is 0 Å². The monoisotopic (exact) mass is 438 g/mol. The zero-order chi connectivity index (χ0) is 22.7. The van der Waals surface area contributed by atoms with Crippen LogP contribution in [0.25, 0.3) is 0 Å². The Labute approximate surface area is 180 Å². The summed E-state index contributed by atoms with van der Waals surface area (Å²) in [7, 11) is -4.73. The third-order valence-electron chi connectivity index (χ3n) is 4.36. The van der Waals surface area contributed by atoms with Crippen LogP contribution in [0, 0.1) is 17.8 Å².